The number of ether oxygens (including phenoxy) is 2. The van der Waals surface area contributed by atoms with E-state index in [9.17, 15) is 4.79 Å². The number of amides is 1. The molecule has 1 atom stereocenters. The monoisotopic (exact) mass is 389 g/mol. The molecule has 1 amide bonds. The minimum Gasteiger partial charge on any atom is -0.483 e. The third-order valence-electron chi connectivity index (χ3n) is 4.55. The Hall–Kier alpha value is -2.04. The van der Waals surface area contributed by atoms with Crippen molar-refractivity contribution in [3.8, 4) is 5.75 Å². The van der Waals surface area contributed by atoms with Crippen LogP contribution in [-0.4, -0.2) is 32.3 Å². The van der Waals surface area contributed by atoms with Gasteiger partial charge in [0.1, 0.15) is 5.75 Å². The number of rotatable bonds is 8. The van der Waals surface area contributed by atoms with E-state index in [1.165, 1.54) is 0 Å². The third kappa shape index (κ3) is 5.24. The number of hydrogen-bond acceptors (Lipinski definition) is 3. The van der Waals surface area contributed by atoms with Crippen LogP contribution in [0.5, 0.6) is 5.75 Å². The summed E-state index contributed by atoms with van der Waals surface area (Å²) >= 11 is 5.99. The van der Waals surface area contributed by atoms with Crippen LogP contribution in [0.3, 0.4) is 0 Å². The van der Waals surface area contributed by atoms with E-state index in [1.807, 2.05) is 43.9 Å². The van der Waals surface area contributed by atoms with Gasteiger partial charge in [-0.3, -0.25) is 4.79 Å². The molecule has 27 heavy (non-hydrogen) atoms. The van der Waals surface area contributed by atoms with E-state index in [-0.39, 0.29) is 18.6 Å². The number of halogens is 1. The topological polar surface area (TPSA) is 38.8 Å². The van der Waals surface area contributed by atoms with Crippen molar-refractivity contribution in [1.82, 2.24) is 0 Å². The lowest BCUT2D eigenvalue weighted by Gasteiger charge is -2.32. The van der Waals surface area contributed by atoms with Crippen molar-refractivity contribution in [3.63, 3.8) is 0 Å². The standard InChI is InChI=1S/C22H28ClNO3/c1-6-18-9-7-8-15(2)22(18)24(17(4)13-26-5)21(25)14-27-20-11-10-19(23)12-16(20)3/h7-12,17H,6,13-14H2,1-5H3/t17-/m1/s1. The lowest BCUT2D eigenvalue weighted by Crippen LogP contribution is -2.44. The SMILES string of the molecule is CCc1cccc(C)c1N(C(=O)COc1ccc(Cl)cc1C)[C@H](C)COC. The molecule has 2 aromatic rings. The zero-order valence-electron chi connectivity index (χ0n) is 16.7. The minimum absolute atomic E-state index is 0.0476. The first kappa shape index (κ1) is 21.3. The maximum absolute atomic E-state index is 13.2. The molecule has 0 N–H and O–H groups in total. The van der Waals surface area contributed by atoms with Crippen LogP contribution in [0, 0.1) is 13.8 Å². The van der Waals surface area contributed by atoms with Crippen LogP contribution in [0.1, 0.15) is 30.5 Å². The Balaban J connectivity index is 2.30. The van der Waals surface area contributed by atoms with Gasteiger partial charge in [0.25, 0.3) is 5.91 Å². The van der Waals surface area contributed by atoms with Gasteiger partial charge < -0.3 is 14.4 Å². The Morgan fingerprint density at radius 1 is 1.19 bits per heavy atom. The number of para-hydroxylation sites is 1. The number of carbonyl (C=O) groups is 1. The van der Waals surface area contributed by atoms with Crippen molar-refractivity contribution in [2.24, 2.45) is 0 Å². The van der Waals surface area contributed by atoms with Gasteiger partial charge in [-0.2, -0.15) is 0 Å². The lowest BCUT2D eigenvalue weighted by molar-refractivity contribution is -0.121. The zero-order valence-corrected chi connectivity index (χ0v) is 17.5. The van der Waals surface area contributed by atoms with Crippen LogP contribution in [0.4, 0.5) is 5.69 Å². The lowest BCUT2D eigenvalue weighted by atomic mass is 10.0. The van der Waals surface area contributed by atoms with Crippen LogP contribution in [0.2, 0.25) is 5.02 Å². The van der Waals surface area contributed by atoms with E-state index in [0.717, 1.165) is 28.8 Å². The van der Waals surface area contributed by atoms with Crippen LogP contribution in [-0.2, 0) is 16.0 Å². The summed E-state index contributed by atoms with van der Waals surface area (Å²) in [5.41, 5.74) is 4.05. The highest BCUT2D eigenvalue weighted by Crippen LogP contribution is 2.28. The maximum Gasteiger partial charge on any atom is 0.265 e. The van der Waals surface area contributed by atoms with Gasteiger partial charge >= 0.3 is 0 Å². The van der Waals surface area contributed by atoms with Gasteiger partial charge in [-0.1, -0.05) is 36.7 Å². The van der Waals surface area contributed by atoms with Crippen LogP contribution < -0.4 is 9.64 Å². The molecule has 0 saturated heterocycles. The van der Waals surface area contributed by atoms with E-state index in [0.29, 0.717) is 17.4 Å². The first-order valence-corrected chi connectivity index (χ1v) is 9.55. The molecule has 0 aliphatic rings. The average Bonchev–Trinajstić information content (AvgIpc) is 2.62. The second-order valence-corrected chi connectivity index (χ2v) is 7.14. The number of hydrogen-bond donors (Lipinski definition) is 0. The summed E-state index contributed by atoms with van der Waals surface area (Å²) in [5.74, 6) is 0.561. The number of anilines is 1. The predicted molar refractivity (Wildman–Crippen MR) is 111 cm³/mol. The number of nitrogens with zero attached hydrogens (tertiary/aromatic N) is 1. The van der Waals surface area contributed by atoms with Gasteiger partial charge in [-0.15, -0.1) is 0 Å². The van der Waals surface area contributed by atoms with Crippen molar-refractivity contribution in [2.45, 2.75) is 40.2 Å². The molecular formula is C22H28ClNO3. The fraction of sp³-hybridized carbons (Fsp3) is 0.409. The molecule has 0 unspecified atom stereocenters. The Bertz CT molecular complexity index is 791. The largest absolute Gasteiger partial charge is 0.483 e. The molecule has 0 aromatic heterocycles. The molecule has 0 bridgehead atoms. The summed E-state index contributed by atoms with van der Waals surface area (Å²) in [5, 5.41) is 0.647. The van der Waals surface area contributed by atoms with Gasteiger partial charge in [0.15, 0.2) is 6.61 Å². The van der Waals surface area contributed by atoms with Crippen molar-refractivity contribution in [3.05, 3.63) is 58.1 Å². The molecule has 0 heterocycles. The third-order valence-corrected chi connectivity index (χ3v) is 4.78. The predicted octanol–water partition coefficient (Wildman–Crippen LogP) is 4.97. The molecule has 5 heteroatoms. The van der Waals surface area contributed by atoms with Crippen molar-refractivity contribution in [2.75, 3.05) is 25.2 Å². The van der Waals surface area contributed by atoms with Crippen LogP contribution in [0.25, 0.3) is 0 Å². The Morgan fingerprint density at radius 3 is 2.56 bits per heavy atom. The molecule has 2 aromatic carbocycles. The second-order valence-electron chi connectivity index (χ2n) is 6.70. The van der Waals surface area contributed by atoms with E-state index >= 15 is 0 Å². The van der Waals surface area contributed by atoms with E-state index in [4.69, 9.17) is 21.1 Å². The number of carbonyl (C=O) groups excluding carboxylic acids is 1. The summed E-state index contributed by atoms with van der Waals surface area (Å²) in [7, 11) is 1.64. The minimum atomic E-state index is -0.108. The van der Waals surface area contributed by atoms with E-state index in [2.05, 4.69) is 13.0 Å². The average molecular weight is 390 g/mol. The molecular weight excluding hydrogens is 362 g/mol. The summed E-state index contributed by atoms with van der Waals surface area (Å²) in [6.45, 7) is 8.42. The quantitative estimate of drug-likeness (QED) is 0.640. The fourth-order valence-electron chi connectivity index (χ4n) is 3.24. The van der Waals surface area contributed by atoms with Gasteiger partial charge in [0.2, 0.25) is 0 Å². The van der Waals surface area contributed by atoms with E-state index < -0.39 is 0 Å². The summed E-state index contributed by atoms with van der Waals surface area (Å²) in [4.78, 5) is 15.0. The second kappa shape index (κ2) is 9.77. The van der Waals surface area contributed by atoms with Crippen molar-refractivity contribution < 1.29 is 14.3 Å². The normalized spacial score (nSPS) is 11.9. The van der Waals surface area contributed by atoms with E-state index in [1.54, 1.807) is 19.2 Å². The highest BCUT2D eigenvalue weighted by molar-refractivity contribution is 6.30. The van der Waals surface area contributed by atoms with Gasteiger partial charge in [0.05, 0.1) is 18.3 Å². The van der Waals surface area contributed by atoms with Crippen molar-refractivity contribution in [1.29, 1.82) is 0 Å². The molecule has 0 radical (unpaired) electrons. The summed E-state index contributed by atoms with van der Waals surface area (Å²) < 4.78 is 11.1. The Morgan fingerprint density at radius 2 is 1.93 bits per heavy atom. The molecule has 4 nitrogen and oxygen atoms in total. The highest BCUT2D eigenvalue weighted by atomic mass is 35.5. The van der Waals surface area contributed by atoms with Crippen molar-refractivity contribution >= 4 is 23.2 Å². The van der Waals surface area contributed by atoms with Gasteiger partial charge in [0, 0.05) is 12.1 Å². The summed E-state index contributed by atoms with van der Waals surface area (Å²) in [6, 6.07) is 11.4. The first-order valence-electron chi connectivity index (χ1n) is 9.17. The van der Waals surface area contributed by atoms with Gasteiger partial charge in [-0.25, -0.2) is 0 Å². The molecule has 0 fully saturated rings. The highest BCUT2D eigenvalue weighted by Gasteiger charge is 2.26. The number of methoxy groups -OCH3 is 1. The molecule has 0 saturated carbocycles. The maximum atomic E-state index is 13.2. The molecule has 146 valence electrons. The van der Waals surface area contributed by atoms with Gasteiger partial charge in [-0.05, 0) is 62.1 Å². The fourth-order valence-corrected chi connectivity index (χ4v) is 3.47. The molecule has 0 aliphatic carbocycles. The number of aryl methyl sites for hydroxylation is 3. The zero-order chi connectivity index (χ0) is 20.0. The summed E-state index contributed by atoms with van der Waals surface area (Å²) in [6.07, 6.45) is 0.845. The Labute approximate surface area is 167 Å². The Kier molecular flexibility index (Phi) is 7.69. The van der Waals surface area contributed by atoms with Crippen LogP contribution >= 0.6 is 11.6 Å². The smallest absolute Gasteiger partial charge is 0.265 e. The molecule has 2 rings (SSSR count). The number of benzene rings is 2. The molecule has 0 aliphatic heterocycles. The van der Waals surface area contributed by atoms with Crippen LogP contribution in [0.15, 0.2) is 36.4 Å². The molecule has 0 spiro atoms. The first-order chi connectivity index (χ1) is 12.9.